The molecule has 0 radical (unpaired) electrons. The topological polar surface area (TPSA) is 130 Å². The second-order valence-electron chi connectivity index (χ2n) is 14.0. The molecule has 0 spiro atoms. The van der Waals surface area contributed by atoms with Gasteiger partial charge in [0.1, 0.15) is 6.10 Å². The van der Waals surface area contributed by atoms with Crippen molar-refractivity contribution in [2.45, 2.75) is 115 Å². The zero-order valence-corrected chi connectivity index (χ0v) is 23.9. The largest absolute Gasteiger partial charge is 0.481 e. The van der Waals surface area contributed by atoms with Crippen molar-refractivity contribution in [1.82, 2.24) is 0 Å². The Morgan fingerprint density at radius 3 is 2.58 bits per heavy atom. The van der Waals surface area contributed by atoms with E-state index >= 15 is 0 Å². The molecule has 1 saturated heterocycles. The van der Waals surface area contributed by atoms with Crippen LogP contribution in [0.25, 0.3) is 0 Å². The molecule has 6 rings (SSSR count). The second kappa shape index (κ2) is 9.85. The Labute approximate surface area is 236 Å². The number of carboxylic acids is 1. The number of Topliss-reactive ketones (excluding diaryl/α,β-unsaturated/α-hetero) is 1. The zero-order valence-electron chi connectivity index (χ0n) is 23.9. The summed E-state index contributed by atoms with van der Waals surface area (Å²) in [6, 6.07) is 0. The number of aliphatic hydroxyl groups is 2. The number of aliphatic hydroxyl groups excluding tert-OH is 2. The Balaban J connectivity index is 1.38. The van der Waals surface area contributed by atoms with Gasteiger partial charge in [0.25, 0.3) is 0 Å². The minimum absolute atomic E-state index is 0.00987. The lowest BCUT2D eigenvalue weighted by molar-refractivity contribution is -0.212. The van der Waals surface area contributed by atoms with Crippen molar-refractivity contribution in [2.24, 2.45) is 40.4 Å². The van der Waals surface area contributed by atoms with Crippen LogP contribution >= 0.6 is 0 Å². The van der Waals surface area contributed by atoms with Crippen molar-refractivity contribution in [3.8, 4) is 0 Å². The highest BCUT2D eigenvalue weighted by Gasteiger charge is 2.76. The maximum atomic E-state index is 14.4. The van der Waals surface area contributed by atoms with Gasteiger partial charge in [0.05, 0.1) is 18.1 Å². The number of allylic oxidation sites excluding steroid dienone is 4. The van der Waals surface area contributed by atoms with Crippen molar-refractivity contribution in [3.05, 3.63) is 23.8 Å². The lowest BCUT2D eigenvalue weighted by Crippen LogP contribution is -2.64. The quantitative estimate of drug-likeness (QED) is 0.448. The van der Waals surface area contributed by atoms with Gasteiger partial charge in [-0.05, 0) is 68.9 Å². The number of fused-ring (bicyclic) bond motifs is 7. The third kappa shape index (κ3) is 3.96. The first-order chi connectivity index (χ1) is 18.9. The summed E-state index contributed by atoms with van der Waals surface area (Å²) in [4.78, 5) is 38.2. The van der Waals surface area contributed by atoms with Crippen molar-refractivity contribution in [3.63, 3.8) is 0 Å². The normalized spacial score (nSPS) is 46.0. The summed E-state index contributed by atoms with van der Waals surface area (Å²) in [6.45, 7) is 5.64. The average molecular weight is 557 g/mol. The molecule has 5 fully saturated rings. The molecular weight excluding hydrogens is 512 g/mol. The van der Waals surface area contributed by atoms with Gasteiger partial charge in [0, 0.05) is 22.7 Å². The van der Waals surface area contributed by atoms with Crippen LogP contribution in [0.1, 0.15) is 85.0 Å². The summed E-state index contributed by atoms with van der Waals surface area (Å²) in [5.41, 5.74) is -1.61. The van der Waals surface area contributed by atoms with Gasteiger partial charge in [-0.2, -0.15) is 0 Å². The van der Waals surface area contributed by atoms with Gasteiger partial charge in [-0.1, -0.05) is 51.7 Å². The minimum Gasteiger partial charge on any atom is -0.481 e. The number of hydrogen-bond acceptors (Lipinski definition) is 7. The fourth-order valence-electron chi connectivity index (χ4n) is 9.94. The summed E-state index contributed by atoms with van der Waals surface area (Å²) in [6.07, 6.45) is 9.50. The summed E-state index contributed by atoms with van der Waals surface area (Å²) >= 11 is 0. The van der Waals surface area contributed by atoms with Gasteiger partial charge < -0.3 is 24.8 Å². The second-order valence-corrected chi connectivity index (χ2v) is 14.0. The first-order valence-electron chi connectivity index (χ1n) is 15.3. The number of ether oxygens (including phenoxy) is 2. The van der Waals surface area contributed by atoms with Crippen LogP contribution in [-0.4, -0.2) is 63.1 Å². The van der Waals surface area contributed by atoms with Gasteiger partial charge in [-0.15, -0.1) is 0 Å². The fourth-order valence-corrected chi connectivity index (χ4v) is 9.94. The number of carbonyl (C=O) groups excluding carboxylic acids is 2. The van der Waals surface area contributed by atoms with Crippen LogP contribution < -0.4 is 0 Å². The first-order valence-corrected chi connectivity index (χ1v) is 15.3. The molecule has 8 nitrogen and oxygen atoms in total. The van der Waals surface area contributed by atoms with E-state index in [4.69, 9.17) is 9.47 Å². The van der Waals surface area contributed by atoms with E-state index in [-0.39, 0.29) is 35.9 Å². The highest BCUT2D eigenvalue weighted by atomic mass is 16.7. The molecule has 220 valence electrons. The summed E-state index contributed by atoms with van der Waals surface area (Å²) in [5, 5.41) is 32.6. The van der Waals surface area contributed by atoms with Crippen LogP contribution in [0.4, 0.5) is 0 Å². The van der Waals surface area contributed by atoms with E-state index in [0.717, 1.165) is 44.1 Å². The Hall–Kier alpha value is -1.87. The zero-order chi connectivity index (χ0) is 28.6. The Bertz CT molecular complexity index is 1140. The summed E-state index contributed by atoms with van der Waals surface area (Å²) < 4.78 is 13.5. The van der Waals surface area contributed by atoms with Gasteiger partial charge in [0.2, 0.25) is 0 Å². The van der Waals surface area contributed by atoms with E-state index in [9.17, 15) is 29.7 Å². The van der Waals surface area contributed by atoms with Crippen LogP contribution in [0.15, 0.2) is 23.8 Å². The first kappa shape index (κ1) is 28.3. The van der Waals surface area contributed by atoms with Crippen molar-refractivity contribution < 1.29 is 39.2 Å². The van der Waals surface area contributed by atoms with Gasteiger partial charge in [-0.3, -0.25) is 14.4 Å². The van der Waals surface area contributed by atoms with E-state index in [0.29, 0.717) is 12.8 Å². The molecule has 11 atom stereocenters. The lowest BCUT2D eigenvalue weighted by atomic mass is 9.46. The molecule has 3 unspecified atom stereocenters. The number of carboxylic acid groups (broad SMARTS) is 1. The molecule has 4 saturated carbocycles. The molecular formula is C32H44O8. The molecule has 0 bridgehead atoms. The lowest BCUT2D eigenvalue weighted by Gasteiger charge is -2.60. The highest BCUT2D eigenvalue weighted by Crippen LogP contribution is 2.70. The molecule has 1 aliphatic heterocycles. The molecule has 8 heteroatoms. The molecule has 0 aromatic carbocycles. The van der Waals surface area contributed by atoms with E-state index in [1.807, 2.05) is 13.0 Å². The third-order valence-electron chi connectivity index (χ3n) is 12.0. The predicted molar refractivity (Wildman–Crippen MR) is 145 cm³/mol. The van der Waals surface area contributed by atoms with E-state index in [1.54, 1.807) is 12.2 Å². The van der Waals surface area contributed by atoms with E-state index < -0.39 is 58.7 Å². The molecule has 40 heavy (non-hydrogen) atoms. The summed E-state index contributed by atoms with van der Waals surface area (Å²) in [7, 11) is 0. The maximum absolute atomic E-state index is 14.4. The molecule has 0 amide bonds. The van der Waals surface area contributed by atoms with Crippen LogP contribution in [0.2, 0.25) is 0 Å². The SMILES string of the molecule is CC(CC(O)C(=O)[C@@]12O[C@H](C3CCCCC3)OC1C[C@H]1[C@@H]3CCC4=CC(=O)C=C[C@]4(C)[C@H]3[C@@H](O)C[C@@]12C)C(=O)O. The molecule has 6 aliphatic rings. The van der Waals surface area contributed by atoms with Crippen molar-refractivity contribution in [1.29, 1.82) is 0 Å². The number of ketones is 2. The average Bonchev–Trinajstić information content (AvgIpc) is 3.41. The van der Waals surface area contributed by atoms with Crippen LogP contribution in [0.3, 0.4) is 0 Å². The Kier molecular flexibility index (Phi) is 6.96. The number of rotatable bonds is 6. The number of carbonyl (C=O) groups is 3. The van der Waals surface area contributed by atoms with Gasteiger partial charge in [-0.25, -0.2) is 0 Å². The van der Waals surface area contributed by atoms with Gasteiger partial charge in [0.15, 0.2) is 23.5 Å². The third-order valence-corrected chi connectivity index (χ3v) is 12.0. The van der Waals surface area contributed by atoms with Crippen molar-refractivity contribution in [2.75, 3.05) is 0 Å². The van der Waals surface area contributed by atoms with Crippen LogP contribution in [0.5, 0.6) is 0 Å². The number of hydrogen-bond donors (Lipinski definition) is 3. The predicted octanol–water partition coefficient (Wildman–Crippen LogP) is 3.98. The Morgan fingerprint density at radius 2 is 1.88 bits per heavy atom. The smallest absolute Gasteiger partial charge is 0.306 e. The molecule has 1 heterocycles. The van der Waals surface area contributed by atoms with E-state index in [2.05, 4.69) is 6.92 Å². The standard InChI is InChI=1S/C32H44O8/c1-17(28(37)38)13-23(34)27(36)32-25(39-29(40-32)18-7-5-4-6-8-18)15-22-21-10-9-19-14-20(33)11-12-30(19,2)26(21)24(35)16-31(22,32)3/h11-12,14,17-18,21-26,29,34-35H,4-10,13,15-16H2,1-3H3,(H,37,38)/t17?,21-,22-,23?,24-,25?,26+,29+,30-,31-,32-/m0/s1. The number of aliphatic carboxylic acids is 1. The maximum Gasteiger partial charge on any atom is 0.306 e. The monoisotopic (exact) mass is 556 g/mol. The van der Waals surface area contributed by atoms with Crippen LogP contribution in [-0.2, 0) is 23.9 Å². The summed E-state index contributed by atoms with van der Waals surface area (Å²) in [5.74, 6) is -2.29. The van der Waals surface area contributed by atoms with Crippen LogP contribution in [0, 0.1) is 40.4 Å². The van der Waals surface area contributed by atoms with Crippen molar-refractivity contribution >= 4 is 17.5 Å². The highest BCUT2D eigenvalue weighted by molar-refractivity contribution is 6.01. The van der Waals surface area contributed by atoms with E-state index in [1.165, 1.54) is 13.3 Å². The molecule has 0 aromatic heterocycles. The molecule has 5 aliphatic carbocycles. The Morgan fingerprint density at radius 1 is 1.15 bits per heavy atom. The molecule has 3 N–H and O–H groups in total. The molecule has 0 aromatic rings. The van der Waals surface area contributed by atoms with Gasteiger partial charge >= 0.3 is 5.97 Å². The fraction of sp³-hybridized carbons (Fsp3) is 0.781. The minimum atomic E-state index is -1.50.